The Bertz CT molecular complexity index is 580. The van der Waals surface area contributed by atoms with Crippen LogP contribution in [0.5, 0.6) is 0 Å². The summed E-state index contributed by atoms with van der Waals surface area (Å²) in [4.78, 5) is 25.2. The normalized spacial score (nSPS) is 27.7. The van der Waals surface area contributed by atoms with Crippen molar-refractivity contribution in [3.05, 3.63) is 32.6 Å². The van der Waals surface area contributed by atoms with Crippen molar-refractivity contribution in [3.63, 3.8) is 0 Å². The maximum absolute atomic E-state index is 11.7. The van der Waals surface area contributed by atoms with Crippen LogP contribution in [0.25, 0.3) is 0 Å². The summed E-state index contributed by atoms with van der Waals surface area (Å²) in [5.41, 5.74) is -0.705. The van der Waals surface area contributed by atoms with Crippen molar-refractivity contribution in [1.82, 2.24) is 9.55 Å². The van der Waals surface area contributed by atoms with E-state index in [0.717, 1.165) is 0 Å². The number of hydrogen-bond donors (Lipinski definition) is 3. The lowest BCUT2D eigenvalue weighted by Crippen LogP contribution is -2.38. The van der Waals surface area contributed by atoms with Gasteiger partial charge in [-0.15, -0.1) is 0 Å². The summed E-state index contributed by atoms with van der Waals surface area (Å²) >= 11 is 0. The lowest BCUT2D eigenvalue weighted by atomic mass is 10.1. The minimum Gasteiger partial charge on any atom is -0.390 e. The number of nitrogens with zero attached hydrogens (tertiary/aromatic N) is 1. The van der Waals surface area contributed by atoms with Crippen molar-refractivity contribution >= 4 is 0 Å². The van der Waals surface area contributed by atoms with Gasteiger partial charge in [0.15, 0.2) is 0 Å². The van der Waals surface area contributed by atoms with E-state index in [1.165, 1.54) is 17.9 Å². The summed E-state index contributed by atoms with van der Waals surface area (Å²) in [6.07, 6.45) is -1.94. The van der Waals surface area contributed by atoms with E-state index >= 15 is 0 Å². The molecule has 1 fully saturated rings. The molecule has 0 saturated carbocycles. The average Bonchev–Trinajstić information content (AvgIpc) is 2.76. The first kappa shape index (κ1) is 14.9. The summed E-state index contributed by atoms with van der Waals surface area (Å²) in [5.74, 6) is 0. The first-order valence-corrected chi connectivity index (χ1v) is 6.26. The van der Waals surface area contributed by atoms with E-state index in [2.05, 4.69) is 4.98 Å². The molecule has 0 radical (unpaired) electrons. The zero-order valence-corrected chi connectivity index (χ0v) is 11.3. The second-order valence-electron chi connectivity index (χ2n) is 4.86. The Kier molecular flexibility index (Phi) is 4.39. The number of aromatic nitrogens is 2. The van der Waals surface area contributed by atoms with Gasteiger partial charge >= 0.3 is 5.69 Å². The van der Waals surface area contributed by atoms with Crippen molar-refractivity contribution in [2.24, 2.45) is 0 Å². The number of nitrogens with one attached hydrogen (secondary N) is 1. The van der Waals surface area contributed by atoms with Crippen molar-refractivity contribution in [2.75, 3.05) is 13.7 Å². The van der Waals surface area contributed by atoms with E-state index in [4.69, 9.17) is 9.47 Å². The van der Waals surface area contributed by atoms with Gasteiger partial charge in [0.05, 0.1) is 12.7 Å². The van der Waals surface area contributed by atoms with E-state index in [0.29, 0.717) is 5.56 Å². The summed E-state index contributed by atoms with van der Waals surface area (Å²) in [5, 5.41) is 19.7. The Balaban J connectivity index is 2.22. The molecular weight excluding hydrogens is 268 g/mol. The number of hydrogen-bond acceptors (Lipinski definition) is 6. The van der Waals surface area contributed by atoms with Crippen LogP contribution in [0.2, 0.25) is 0 Å². The first-order chi connectivity index (χ1) is 9.43. The number of ether oxygens (including phenoxy) is 2. The zero-order chi connectivity index (χ0) is 14.9. The minimum atomic E-state index is -0.987. The average molecular weight is 286 g/mol. The highest BCUT2D eigenvalue weighted by Crippen LogP contribution is 2.29. The van der Waals surface area contributed by atoms with Crippen LogP contribution < -0.4 is 11.2 Å². The predicted molar refractivity (Wildman–Crippen MR) is 68.5 cm³/mol. The maximum atomic E-state index is 11.7. The van der Waals surface area contributed by atoms with Crippen LogP contribution >= 0.6 is 0 Å². The highest BCUT2D eigenvalue weighted by atomic mass is 16.6. The number of methoxy groups -OCH3 is 1. The molecule has 2 rings (SSSR count). The molecule has 1 aliphatic heterocycles. The van der Waals surface area contributed by atoms with Gasteiger partial charge in [-0.3, -0.25) is 14.3 Å². The SMILES string of the molecule is COC[C@H](O)[C@H]1O[C@@H](n2cc(C)c(=O)[nH]c2=O)C[C@@H]1O. The molecular formula is C12H18N2O6. The van der Waals surface area contributed by atoms with Gasteiger partial charge in [0, 0.05) is 25.3 Å². The van der Waals surface area contributed by atoms with Crippen molar-refractivity contribution in [1.29, 1.82) is 0 Å². The molecule has 0 unspecified atom stereocenters. The van der Waals surface area contributed by atoms with Gasteiger partial charge in [0.1, 0.15) is 18.4 Å². The highest BCUT2D eigenvalue weighted by molar-refractivity contribution is 5.02. The summed E-state index contributed by atoms with van der Waals surface area (Å²) in [6, 6.07) is 0. The van der Waals surface area contributed by atoms with Crippen molar-refractivity contribution in [3.8, 4) is 0 Å². The van der Waals surface area contributed by atoms with Crippen LogP contribution in [-0.2, 0) is 9.47 Å². The molecule has 1 aromatic rings. The van der Waals surface area contributed by atoms with Gasteiger partial charge in [-0.25, -0.2) is 4.79 Å². The van der Waals surface area contributed by atoms with Gasteiger partial charge in [-0.2, -0.15) is 0 Å². The molecule has 20 heavy (non-hydrogen) atoms. The third kappa shape index (κ3) is 2.83. The largest absolute Gasteiger partial charge is 0.390 e. The summed E-state index contributed by atoms with van der Waals surface area (Å²) in [7, 11) is 1.43. The van der Waals surface area contributed by atoms with Gasteiger partial charge in [0.2, 0.25) is 0 Å². The smallest absolute Gasteiger partial charge is 0.330 e. The number of H-pyrrole nitrogens is 1. The Morgan fingerprint density at radius 3 is 2.95 bits per heavy atom. The quantitative estimate of drug-likeness (QED) is 0.621. The number of aromatic amines is 1. The van der Waals surface area contributed by atoms with E-state index < -0.39 is 35.8 Å². The monoisotopic (exact) mass is 286 g/mol. The van der Waals surface area contributed by atoms with Gasteiger partial charge in [-0.05, 0) is 6.92 Å². The van der Waals surface area contributed by atoms with Crippen LogP contribution in [0.4, 0.5) is 0 Å². The molecule has 0 aromatic carbocycles. The number of aliphatic hydroxyl groups is 2. The zero-order valence-electron chi connectivity index (χ0n) is 11.3. The molecule has 1 saturated heterocycles. The van der Waals surface area contributed by atoms with E-state index in [-0.39, 0.29) is 13.0 Å². The lowest BCUT2D eigenvalue weighted by Gasteiger charge is -2.20. The van der Waals surface area contributed by atoms with E-state index in [9.17, 15) is 19.8 Å². The molecule has 3 N–H and O–H groups in total. The topological polar surface area (TPSA) is 114 Å². The molecule has 0 bridgehead atoms. The number of aliphatic hydroxyl groups excluding tert-OH is 2. The van der Waals surface area contributed by atoms with Crippen LogP contribution in [0, 0.1) is 6.92 Å². The molecule has 2 heterocycles. The second-order valence-corrected chi connectivity index (χ2v) is 4.86. The Labute approximate surface area is 114 Å². The van der Waals surface area contributed by atoms with Crippen LogP contribution in [-0.4, -0.2) is 51.8 Å². The van der Waals surface area contributed by atoms with Gasteiger partial charge in [0.25, 0.3) is 5.56 Å². The Hall–Kier alpha value is -1.48. The summed E-state index contributed by atoms with van der Waals surface area (Å²) in [6.45, 7) is 1.59. The van der Waals surface area contributed by atoms with Gasteiger partial charge in [-0.1, -0.05) is 0 Å². The molecule has 0 aliphatic carbocycles. The standard InChI is InChI=1S/C12H18N2O6/c1-6-4-14(12(18)13-11(6)17)9-3-7(15)10(20-9)8(16)5-19-2/h4,7-10,15-16H,3,5H2,1-2H3,(H,13,17,18)/t7-,8-,9+,10-/m0/s1. The minimum absolute atomic E-state index is 0.0218. The Morgan fingerprint density at radius 1 is 1.60 bits per heavy atom. The summed E-state index contributed by atoms with van der Waals surface area (Å²) < 4.78 is 11.5. The van der Waals surface area contributed by atoms with Gasteiger partial charge < -0.3 is 19.7 Å². The number of aryl methyl sites for hydroxylation is 1. The third-order valence-corrected chi connectivity index (χ3v) is 3.31. The molecule has 0 amide bonds. The fourth-order valence-corrected chi connectivity index (χ4v) is 2.26. The molecule has 4 atom stereocenters. The molecule has 8 heteroatoms. The molecule has 112 valence electrons. The molecule has 8 nitrogen and oxygen atoms in total. The second kappa shape index (κ2) is 5.88. The molecule has 1 aliphatic rings. The molecule has 1 aromatic heterocycles. The van der Waals surface area contributed by atoms with E-state index in [1.54, 1.807) is 6.92 Å². The first-order valence-electron chi connectivity index (χ1n) is 6.26. The third-order valence-electron chi connectivity index (χ3n) is 3.31. The van der Waals surface area contributed by atoms with Crippen molar-refractivity contribution in [2.45, 2.75) is 37.9 Å². The Morgan fingerprint density at radius 2 is 2.30 bits per heavy atom. The van der Waals surface area contributed by atoms with Crippen LogP contribution in [0.1, 0.15) is 18.2 Å². The molecule has 0 spiro atoms. The fourth-order valence-electron chi connectivity index (χ4n) is 2.26. The maximum Gasteiger partial charge on any atom is 0.330 e. The van der Waals surface area contributed by atoms with E-state index in [1.807, 2.05) is 0 Å². The predicted octanol–water partition coefficient (Wildman–Crippen LogP) is -1.50. The highest BCUT2D eigenvalue weighted by Gasteiger charge is 2.39. The lowest BCUT2D eigenvalue weighted by molar-refractivity contribution is -0.101. The fraction of sp³-hybridized carbons (Fsp3) is 0.667. The number of rotatable bonds is 4. The van der Waals surface area contributed by atoms with Crippen LogP contribution in [0.3, 0.4) is 0 Å². The van der Waals surface area contributed by atoms with Crippen molar-refractivity contribution < 1.29 is 19.7 Å². The van der Waals surface area contributed by atoms with Crippen LogP contribution in [0.15, 0.2) is 15.8 Å².